The monoisotopic (exact) mass is 278 g/mol. The number of carbonyl (C=O) groups excluding carboxylic acids is 1. The lowest BCUT2D eigenvalue weighted by Crippen LogP contribution is -2.55. The fourth-order valence-electron chi connectivity index (χ4n) is 4.42. The lowest BCUT2D eigenvalue weighted by molar-refractivity contribution is -0.223. The summed E-state index contributed by atoms with van der Waals surface area (Å²) in [6.45, 7) is 8.20. The average molecular weight is 278 g/mol. The van der Waals surface area contributed by atoms with Crippen molar-refractivity contribution in [3.63, 3.8) is 0 Å². The van der Waals surface area contributed by atoms with E-state index in [-0.39, 0.29) is 17.3 Å². The normalized spacial score (nSPS) is 42.6. The molecule has 2 fully saturated rings. The molecule has 3 aliphatic rings. The molecule has 1 N–H and O–H groups in total. The van der Waals surface area contributed by atoms with Crippen LogP contribution in [0.2, 0.25) is 0 Å². The molecular formula is C16H22O4. The van der Waals surface area contributed by atoms with Gasteiger partial charge in [-0.05, 0) is 35.7 Å². The van der Waals surface area contributed by atoms with Crippen molar-refractivity contribution in [2.24, 2.45) is 17.3 Å². The van der Waals surface area contributed by atoms with Gasteiger partial charge in [-0.2, -0.15) is 0 Å². The Morgan fingerprint density at radius 2 is 2.20 bits per heavy atom. The second kappa shape index (κ2) is 4.18. The number of hydrogen-bond acceptors (Lipinski definition) is 4. The van der Waals surface area contributed by atoms with Crippen LogP contribution in [-0.4, -0.2) is 30.1 Å². The molecule has 4 unspecified atom stereocenters. The number of methoxy groups -OCH3 is 1. The van der Waals surface area contributed by atoms with Crippen LogP contribution in [-0.2, 0) is 14.3 Å². The molecule has 4 atom stereocenters. The highest BCUT2D eigenvalue weighted by molar-refractivity contribution is 5.87. The zero-order valence-electron chi connectivity index (χ0n) is 12.3. The van der Waals surface area contributed by atoms with Crippen LogP contribution in [0, 0.1) is 17.3 Å². The lowest BCUT2D eigenvalue weighted by Gasteiger charge is -2.54. The summed E-state index contributed by atoms with van der Waals surface area (Å²) in [5.74, 6) is -1.01. The molecule has 0 aromatic rings. The van der Waals surface area contributed by atoms with E-state index in [2.05, 4.69) is 20.4 Å². The molecular weight excluding hydrogens is 256 g/mol. The first-order chi connectivity index (χ1) is 9.32. The van der Waals surface area contributed by atoms with E-state index in [0.29, 0.717) is 12.3 Å². The van der Waals surface area contributed by atoms with Crippen LogP contribution in [0.25, 0.3) is 0 Å². The van der Waals surface area contributed by atoms with Gasteiger partial charge >= 0.3 is 5.97 Å². The SMILES string of the molecule is C=C1CCC2C(CC3(OC)OC(=O)C=C3C2(C)C)C1O. The second-order valence-corrected chi connectivity index (χ2v) is 6.77. The Balaban J connectivity index is 2.07. The number of aliphatic hydroxyl groups is 1. The summed E-state index contributed by atoms with van der Waals surface area (Å²) in [5.41, 5.74) is 1.57. The summed E-state index contributed by atoms with van der Waals surface area (Å²) >= 11 is 0. The van der Waals surface area contributed by atoms with Gasteiger partial charge in [0.2, 0.25) is 5.79 Å². The van der Waals surface area contributed by atoms with Crippen molar-refractivity contribution in [3.8, 4) is 0 Å². The van der Waals surface area contributed by atoms with E-state index in [1.54, 1.807) is 13.2 Å². The van der Waals surface area contributed by atoms with Gasteiger partial charge in [0.25, 0.3) is 0 Å². The molecule has 0 aromatic heterocycles. The first-order valence-corrected chi connectivity index (χ1v) is 7.18. The van der Waals surface area contributed by atoms with Crippen molar-refractivity contribution in [1.29, 1.82) is 0 Å². The van der Waals surface area contributed by atoms with E-state index < -0.39 is 11.9 Å². The molecule has 0 amide bonds. The minimum Gasteiger partial charge on any atom is -0.426 e. The number of ether oxygens (including phenoxy) is 2. The van der Waals surface area contributed by atoms with E-state index in [9.17, 15) is 9.90 Å². The fraction of sp³-hybridized carbons (Fsp3) is 0.688. The van der Waals surface area contributed by atoms with Crippen molar-refractivity contribution >= 4 is 5.97 Å². The molecule has 1 aliphatic heterocycles. The molecule has 0 saturated heterocycles. The Kier molecular flexibility index (Phi) is 2.89. The number of carbonyl (C=O) groups is 1. The highest BCUT2D eigenvalue weighted by Crippen LogP contribution is 2.59. The first-order valence-electron chi connectivity index (χ1n) is 7.18. The van der Waals surface area contributed by atoms with Crippen LogP contribution >= 0.6 is 0 Å². The number of fused-ring (bicyclic) bond motifs is 2. The molecule has 2 saturated carbocycles. The van der Waals surface area contributed by atoms with Crippen LogP contribution in [0.3, 0.4) is 0 Å². The summed E-state index contributed by atoms with van der Waals surface area (Å²) in [6.07, 6.45) is 3.37. The Hall–Kier alpha value is -1.13. The third kappa shape index (κ3) is 1.64. The predicted molar refractivity (Wildman–Crippen MR) is 73.7 cm³/mol. The van der Waals surface area contributed by atoms with Crippen LogP contribution in [0.1, 0.15) is 33.1 Å². The van der Waals surface area contributed by atoms with Gasteiger partial charge in [0.05, 0.1) is 6.10 Å². The van der Waals surface area contributed by atoms with Gasteiger partial charge in [0.1, 0.15) is 0 Å². The van der Waals surface area contributed by atoms with Crippen LogP contribution in [0.5, 0.6) is 0 Å². The fourth-order valence-corrected chi connectivity index (χ4v) is 4.42. The van der Waals surface area contributed by atoms with E-state index in [4.69, 9.17) is 9.47 Å². The minimum absolute atomic E-state index is 0.0225. The Morgan fingerprint density at radius 1 is 1.50 bits per heavy atom. The standard InChI is InChI=1S/C16H22O4/c1-9-5-6-11-10(14(9)18)8-16(19-4)12(15(11,2)3)7-13(17)20-16/h7,10-11,14,18H,1,5-6,8H2,2-4H3. The van der Waals surface area contributed by atoms with Crippen molar-refractivity contribution in [2.45, 2.75) is 45.0 Å². The number of rotatable bonds is 1. The maximum Gasteiger partial charge on any atom is 0.333 e. The molecule has 4 heteroatoms. The van der Waals surface area contributed by atoms with Gasteiger partial charge < -0.3 is 14.6 Å². The van der Waals surface area contributed by atoms with Gasteiger partial charge in [0.15, 0.2) is 0 Å². The summed E-state index contributed by atoms with van der Waals surface area (Å²) in [6, 6.07) is 0. The molecule has 0 aromatic carbocycles. The summed E-state index contributed by atoms with van der Waals surface area (Å²) in [7, 11) is 1.56. The number of hydrogen-bond donors (Lipinski definition) is 1. The van der Waals surface area contributed by atoms with E-state index in [1.807, 2.05) is 0 Å². The second-order valence-electron chi connectivity index (χ2n) is 6.77. The first kappa shape index (κ1) is 13.8. The van der Waals surface area contributed by atoms with Gasteiger partial charge in [0, 0.05) is 25.2 Å². The van der Waals surface area contributed by atoms with E-state index in [0.717, 1.165) is 24.0 Å². The van der Waals surface area contributed by atoms with Gasteiger partial charge in [-0.1, -0.05) is 20.4 Å². The Bertz CT molecular complexity index is 505. The maximum absolute atomic E-state index is 11.8. The van der Waals surface area contributed by atoms with Crippen molar-refractivity contribution < 1.29 is 19.4 Å². The Labute approximate surface area is 119 Å². The molecule has 3 rings (SSSR count). The Morgan fingerprint density at radius 3 is 2.85 bits per heavy atom. The number of esters is 1. The molecule has 20 heavy (non-hydrogen) atoms. The lowest BCUT2D eigenvalue weighted by atomic mass is 9.54. The van der Waals surface area contributed by atoms with Crippen LogP contribution in [0.4, 0.5) is 0 Å². The molecule has 1 heterocycles. The van der Waals surface area contributed by atoms with Crippen molar-refractivity contribution in [3.05, 3.63) is 23.8 Å². The molecule has 2 aliphatic carbocycles. The van der Waals surface area contributed by atoms with Gasteiger partial charge in [-0.3, -0.25) is 0 Å². The molecule has 4 nitrogen and oxygen atoms in total. The largest absolute Gasteiger partial charge is 0.426 e. The van der Waals surface area contributed by atoms with Crippen molar-refractivity contribution in [1.82, 2.24) is 0 Å². The van der Waals surface area contributed by atoms with Crippen molar-refractivity contribution in [2.75, 3.05) is 7.11 Å². The minimum atomic E-state index is -1.000. The topological polar surface area (TPSA) is 55.8 Å². The quantitative estimate of drug-likeness (QED) is 0.590. The summed E-state index contributed by atoms with van der Waals surface area (Å²) in [5, 5.41) is 10.5. The van der Waals surface area contributed by atoms with E-state index in [1.165, 1.54) is 0 Å². The smallest absolute Gasteiger partial charge is 0.333 e. The highest BCUT2D eigenvalue weighted by Gasteiger charge is 2.61. The summed E-state index contributed by atoms with van der Waals surface area (Å²) < 4.78 is 11.1. The predicted octanol–water partition coefficient (Wildman–Crippen LogP) is 2.19. The van der Waals surface area contributed by atoms with Gasteiger partial charge in [-0.15, -0.1) is 0 Å². The maximum atomic E-state index is 11.8. The van der Waals surface area contributed by atoms with Crippen LogP contribution in [0.15, 0.2) is 23.8 Å². The molecule has 0 bridgehead atoms. The third-order valence-electron chi connectivity index (χ3n) is 5.51. The third-order valence-corrected chi connectivity index (χ3v) is 5.51. The molecule has 0 radical (unpaired) electrons. The van der Waals surface area contributed by atoms with E-state index >= 15 is 0 Å². The van der Waals surface area contributed by atoms with Crippen LogP contribution < -0.4 is 0 Å². The number of aliphatic hydroxyl groups excluding tert-OH is 1. The summed E-state index contributed by atoms with van der Waals surface area (Å²) in [4.78, 5) is 11.8. The van der Waals surface area contributed by atoms with Gasteiger partial charge in [-0.25, -0.2) is 4.79 Å². The highest BCUT2D eigenvalue weighted by atomic mass is 16.7. The zero-order chi connectivity index (χ0) is 14.7. The zero-order valence-corrected chi connectivity index (χ0v) is 12.3. The molecule has 0 spiro atoms. The average Bonchev–Trinajstić information content (AvgIpc) is 2.73. The molecule has 110 valence electrons.